The third-order valence-electron chi connectivity index (χ3n) is 11.7. The molecule has 0 spiro atoms. The zero-order chi connectivity index (χ0) is 60.3. The molecule has 2 heterocycles. The van der Waals surface area contributed by atoms with Crippen molar-refractivity contribution >= 4 is 81.9 Å². The van der Waals surface area contributed by atoms with E-state index >= 15 is 0 Å². The van der Waals surface area contributed by atoms with Crippen LogP contribution in [0.25, 0.3) is 0 Å². The number of nitrogens with one attached hydrogen (secondary N) is 3. The molecule has 4 rings (SSSR count). The Hall–Kier alpha value is -7.00. The van der Waals surface area contributed by atoms with E-state index in [1.165, 1.54) is 5.56 Å². The highest BCUT2D eigenvalue weighted by atomic mass is 35.5. The van der Waals surface area contributed by atoms with Crippen LogP contribution in [0.4, 0.5) is 28.1 Å². The first kappa shape index (κ1) is 70.3. The Balaban J connectivity index is 0.000000597. The molecule has 2 amide bonds. The number of nitrogen functional groups attached to an aromatic ring is 4. The summed E-state index contributed by atoms with van der Waals surface area (Å²) in [6, 6.07) is 18.1. The summed E-state index contributed by atoms with van der Waals surface area (Å²) < 4.78 is 42.5. The fraction of sp³-hybridized carbons (Fsp3) is 0.536. The predicted molar refractivity (Wildman–Crippen MR) is 319 cm³/mol. The van der Waals surface area contributed by atoms with Gasteiger partial charge in [0, 0.05) is 32.3 Å². The number of ether oxygens (including phenoxy) is 8. The topological polar surface area (TPSA) is 384 Å². The van der Waals surface area contributed by atoms with Gasteiger partial charge >= 0.3 is 12.1 Å². The number of Topliss-reactive ketones (excluding diaryl/α,β-unsaturated/α-hetero) is 1. The Bertz CT molecular complexity index is 2560. The number of carbonyl (C=O) groups is 4. The van der Waals surface area contributed by atoms with Crippen LogP contribution < -0.4 is 44.0 Å². The van der Waals surface area contributed by atoms with Crippen LogP contribution in [0.3, 0.4) is 0 Å². The minimum Gasteiger partial charge on any atom is -0.491 e. The number of aromatic nitrogens is 4. The summed E-state index contributed by atoms with van der Waals surface area (Å²) >= 11 is 11.6. The molecule has 0 aliphatic carbocycles. The number of aryl methyl sites for hydroxylation is 2. The van der Waals surface area contributed by atoms with Gasteiger partial charge in [-0.2, -0.15) is 0 Å². The van der Waals surface area contributed by atoms with E-state index in [-0.39, 0.29) is 88.9 Å². The number of anilines is 4. The van der Waals surface area contributed by atoms with Gasteiger partial charge in [-0.3, -0.25) is 24.7 Å². The molecule has 2 aromatic heterocycles. The highest BCUT2D eigenvalue weighted by Crippen LogP contribution is 2.20. The van der Waals surface area contributed by atoms with Crippen molar-refractivity contribution in [3.63, 3.8) is 0 Å². The molecule has 13 N–H and O–H groups in total. The second-order valence-electron chi connectivity index (χ2n) is 18.4. The number of guanidine groups is 1. The highest BCUT2D eigenvalue weighted by Gasteiger charge is 2.19. The fourth-order valence-corrected chi connectivity index (χ4v) is 7.62. The van der Waals surface area contributed by atoms with Crippen molar-refractivity contribution in [1.82, 2.24) is 30.6 Å². The van der Waals surface area contributed by atoms with Crippen LogP contribution in [-0.2, 0) is 50.8 Å². The Kier molecular flexibility index (Phi) is 37.0. The van der Waals surface area contributed by atoms with Crippen molar-refractivity contribution in [2.24, 2.45) is 10.7 Å². The molecule has 83 heavy (non-hydrogen) atoms. The van der Waals surface area contributed by atoms with E-state index in [9.17, 15) is 19.2 Å². The third-order valence-corrected chi connectivity index (χ3v) is 12.3. The fourth-order valence-electron chi connectivity index (χ4n) is 7.37. The molecule has 0 radical (unpaired) electrons. The lowest BCUT2D eigenvalue weighted by Crippen LogP contribution is -2.38. The lowest BCUT2D eigenvalue weighted by atomic mass is 10.0. The maximum absolute atomic E-state index is 12.3. The second-order valence-corrected chi connectivity index (χ2v) is 19.1. The Morgan fingerprint density at radius 2 is 1.08 bits per heavy atom. The number of amides is 2. The zero-order valence-electron chi connectivity index (χ0n) is 47.5. The minimum absolute atomic E-state index is 0.00999. The Labute approximate surface area is 495 Å². The van der Waals surface area contributed by atoms with Gasteiger partial charge in [0.1, 0.15) is 25.6 Å². The van der Waals surface area contributed by atoms with Crippen molar-refractivity contribution in [3.05, 3.63) is 87.4 Å². The molecule has 25 nitrogen and oxygen atoms in total. The van der Waals surface area contributed by atoms with Crippen LogP contribution in [0.5, 0.6) is 5.75 Å². The summed E-state index contributed by atoms with van der Waals surface area (Å²) in [7, 11) is 1.62. The summed E-state index contributed by atoms with van der Waals surface area (Å²) in [4.78, 5) is 67.6. The summed E-state index contributed by atoms with van der Waals surface area (Å²) in [6.07, 6.45) is 11.3. The first-order chi connectivity index (χ1) is 40.2. The van der Waals surface area contributed by atoms with Gasteiger partial charge in [0.15, 0.2) is 56.7 Å². The van der Waals surface area contributed by atoms with Crippen molar-refractivity contribution < 1.29 is 57.1 Å². The van der Waals surface area contributed by atoms with Gasteiger partial charge in [0.2, 0.25) is 0 Å². The maximum Gasteiger partial charge on any atom is 0.407 e. The first-order valence-corrected chi connectivity index (χ1v) is 28.4. The number of benzene rings is 2. The van der Waals surface area contributed by atoms with Gasteiger partial charge in [-0.05, 0) is 81.0 Å². The largest absolute Gasteiger partial charge is 0.491 e. The summed E-state index contributed by atoms with van der Waals surface area (Å²) in [5, 5.41) is 12.9. The van der Waals surface area contributed by atoms with Gasteiger partial charge in [-0.15, -0.1) is 0 Å². The van der Waals surface area contributed by atoms with Crippen LogP contribution in [-0.4, -0.2) is 155 Å². The number of alkyl carbamates (subject to hydrolysis) is 1. The Morgan fingerprint density at radius 3 is 1.73 bits per heavy atom. The normalized spacial score (nSPS) is 11.1. The summed E-state index contributed by atoms with van der Waals surface area (Å²) in [5.74, 6) is -0.885. The number of nitrogens with zero attached hydrogens (tertiary/aromatic N) is 5. The van der Waals surface area contributed by atoms with E-state index in [4.69, 9.17) is 95.2 Å². The van der Waals surface area contributed by atoms with E-state index in [0.717, 1.165) is 88.4 Å². The number of esters is 1. The highest BCUT2D eigenvalue weighted by molar-refractivity contribution is 6.32. The number of carbonyl (C=O) groups excluding carboxylic acids is 4. The third kappa shape index (κ3) is 33.0. The number of unbranched alkanes of at least 4 members (excludes halogenated alkanes) is 7. The van der Waals surface area contributed by atoms with Gasteiger partial charge in [-0.1, -0.05) is 91.3 Å². The molecule has 2 aromatic carbocycles. The van der Waals surface area contributed by atoms with E-state index in [0.29, 0.717) is 91.1 Å². The van der Waals surface area contributed by atoms with Crippen molar-refractivity contribution in [3.8, 4) is 5.75 Å². The number of hydrogen-bond acceptors (Lipinski definition) is 22. The van der Waals surface area contributed by atoms with Crippen LogP contribution in [0.15, 0.2) is 59.6 Å². The van der Waals surface area contributed by atoms with Gasteiger partial charge in [0.25, 0.3) is 5.91 Å². The maximum atomic E-state index is 12.3. The lowest BCUT2D eigenvalue weighted by molar-refractivity contribution is -0.145. The molecule has 0 saturated heterocycles. The average molecular weight is 1200 g/mol. The predicted octanol–water partition coefficient (Wildman–Crippen LogP) is 6.75. The van der Waals surface area contributed by atoms with Crippen LogP contribution in [0.1, 0.15) is 116 Å². The molecule has 0 unspecified atom stereocenters. The van der Waals surface area contributed by atoms with E-state index in [1.54, 1.807) is 7.11 Å². The molecular weight excluding hydrogens is 1120 g/mol. The lowest BCUT2D eigenvalue weighted by Gasteiger charge is -2.09. The zero-order valence-corrected chi connectivity index (χ0v) is 49.0. The number of rotatable bonds is 42. The van der Waals surface area contributed by atoms with Crippen molar-refractivity contribution in [2.45, 2.75) is 96.3 Å². The number of nitrogens with two attached hydrogens (primary N) is 5. The van der Waals surface area contributed by atoms with Crippen molar-refractivity contribution in [1.29, 1.82) is 5.41 Å². The smallest absolute Gasteiger partial charge is 0.407 e. The van der Waals surface area contributed by atoms with Crippen LogP contribution in [0, 0.1) is 5.41 Å². The molecular formula is C56H83Cl2N13O12. The molecule has 0 fully saturated rings. The monoisotopic (exact) mass is 1200 g/mol. The number of methoxy groups -OCH3 is 1. The molecule has 0 aliphatic heterocycles. The van der Waals surface area contributed by atoms with E-state index in [2.05, 4.69) is 47.7 Å². The van der Waals surface area contributed by atoms with Crippen LogP contribution in [0.2, 0.25) is 10.3 Å². The quantitative estimate of drug-likeness (QED) is 0.00747. The summed E-state index contributed by atoms with van der Waals surface area (Å²) in [5.41, 5.74) is 30.8. The number of ketones is 1. The molecule has 458 valence electrons. The average Bonchev–Trinajstić information content (AvgIpc) is 3.64. The first-order valence-electron chi connectivity index (χ1n) is 27.7. The molecule has 0 saturated carbocycles. The Morgan fingerprint density at radius 1 is 0.566 bits per heavy atom. The molecule has 0 atom stereocenters. The van der Waals surface area contributed by atoms with Crippen LogP contribution >= 0.6 is 23.2 Å². The van der Waals surface area contributed by atoms with Gasteiger partial charge in [0.05, 0.1) is 65.9 Å². The number of aliphatic imine (C=N–C) groups is 1. The van der Waals surface area contributed by atoms with E-state index in [1.807, 2.05) is 42.5 Å². The minimum atomic E-state index is -0.681. The molecule has 27 heteroatoms. The second kappa shape index (κ2) is 43.6. The summed E-state index contributed by atoms with van der Waals surface area (Å²) in [6.45, 7) is 5.50. The van der Waals surface area contributed by atoms with Crippen molar-refractivity contribution in [2.75, 3.05) is 122 Å². The standard InChI is InChI=1S/C38H61ClN8O11.C18H22ClN5O/c1-51-17-18-52-19-20-54-24-27-57-31(48)10-5-3-2-4-7-16-44-38(50)58-28-25-55-22-21-53-23-26-56-30-13-11-29(12-14-30)9-6-8-15-43-37(42)47-36(49)32-34(40)46-35(41)33(39)45-32;19-16-18(22)24-17(21)15(23-16)14(25)11-13(20)10-6-2-5-9-12-7-3-1-4-8-12/h11-14H,2-10,15-28H2,1H3,(H,44,50)(H4,40,41,46)(H3,42,43,47,49);1,3-4,7-8,20H,2,5-6,9-11H2,(H4,21,22,24). The van der Waals surface area contributed by atoms with Gasteiger partial charge < -0.3 is 77.3 Å². The molecule has 0 aliphatic rings. The SMILES string of the molecule is COCCOCCOCCOC(=O)CCCCCCCNC(=O)OCCOCCOCCOc1ccc(CCCCN=C(N)NC(=O)c2nc(Cl)c(N)nc2N)cc1.N=C(CCCCCc1ccccc1)CC(=O)c1nc(Cl)c(N)nc1N. The van der Waals surface area contributed by atoms with Gasteiger partial charge in [-0.25, -0.2) is 24.7 Å². The molecule has 4 aromatic rings. The number of hydrogen-bond donors (Lipinski definition) is 8. The molecule has 0 bridgehead atoms. The van der Waals surface area contributed by atoms with E-state index < -0.39 is 12.0 Å². The number of halogens is 2.